The maximum absolute atomic E-state index is 11.7. The van der Waals surface area contributed by atoms with Crippen LogP contribution in [-0.4, -0.2) is 10.2 Å². The molecule has 1 aliphatic rings. The average Bonchev–Trinajstić information content (AvgIpc) is 2.86. The Morgan fingerprint density at radius 2 is 1.84 bits per heavy atom. The van der Waals surface area contributed by atoms with Gasteiger partial charge in [-0.25, -0.2) is 0 Å². The number of rotatable bonds is 4. The minimum atomic E-state index is -0.224. The fraction of sp³-hybridized carbons (Fsp3) is 0.0588. The third-order valence-corrected chi connectivity index (χ3v) is 5.51. The van der Waals surface area contributed by atoms with Gasteiger partial charge < -0.3 is 10.1 Å². The maximum Gasteiger partial charge on any atom is 0.263 e. The molecule has 1 heterocycles. The molecule has 0 aliphatic carbocycles. The molecule has 25 heavy (non-hydrogen) atoms. The van der Waals surface area contributed by atoms with Gasteiger partial charge in [-0.05, 0) is 41.5 Å². The lowest BCUT2D eigenvalue weighted by Crippen LogP contribution is -2.17. The number of ether oxygens (including phenoxy) is 1. The van der Waals surface area contributed by atoms with E-state index >= 15 is 0 Å². The van der Waals surface area contributed by atoms with Gasteiger partial charge in [-0.1, -0.05) is 75.2 Å². The van der Waals surface area contributed by atoms with E-state index in [-0.39, 0.29) is 5.91 Å². The maximum atomic E-state index is 11.7. The van der Waals surface area contributed by atoms with Crippen molar-refractivity contribution < 1.29 is 9.53 Å². The number of carbonyl (C=O) groups is 1. The summed E-state index contributed by atoms with van der Waals surface area (Å²) >= 11 is 22.2. The molecule has 3 nitrogen and oxygen atoms in total. The van der Waals surface area contributed by atoms with Gasteiger partial charge in [0.2, 0.25) is 0 Å². The summed E-state index contributed by atoms with van der Waals surface area (Å²) in [6.45, 7) is 0.347. The SMILES string of the molecule is O=C1NC(=S)S/C1=C\c1cc(Cl)c(OCc2ccc(Br)cc2)c(Cl)c1. The van der Waals surface area contributed by atoms with E-state index in [0.717, 1.165) is 10.0 Å². The molecule has 0 unspecified atom stereocenters. The largest absolute Gasteiger partial charge is 0.486 e. The van der Waals surface area contributed by atoms with Gasteiger partial charge in [0.25, 0.3) is 5.91 Å². The quantitative estimate of drug-likeness (QED) is 0.447. The van der Waals surface area contributed by atoms with Gasteiger partial charge in [-0.3, -0.25) is 4.79 Å². The van der Waals surface area contributed by atoms with Crippen molar-refractivity contribution in [2.24, 2.45) is 0 Å². The highest BCUT2D eigenvalue weighted by Gasteiger charge is 2.22. The third kappa shape index (κ3) is 4.77. The van der Waals surface area contributed by atoms with Gasteiger partial charge in [0.1, 0.15) is 10.9 Å². The highest BCUT2D eigenvalue weighted by atomic mass is 79.9. The van der Waals surface area contributed by atoms with Crippen molar-refractivity contribution in [3.63, 3.8) is 0 Å². The van der Waals surface area contributed by atoms with Crippen molar-refractivity contribution in [2.45, 2.75) is 6.61 Å². The van der Waals surface area contributed by atoms with Gasteiger partial charge >= 0.3 is 0 Å². The number of hydrogen-bond acceptors (Lipinski definition) is 4. The molecule has 128 valence electrons. The average molecular weight is 475 g/mol. The Labute approximate surface area is 172 Å². The first-order chi connectivity index (χ1) is 11.9. The number of thioether (sulfide) groups is 1. The van der Waals surface area contributed by atoms with Gasteiger partial charge in [-0.2, -0.15) is 0 Å². The second-order valence-corrected chi connectivity index (χ2v) is 8.53. The number of hydrogen-bond donors (Lipinski definition) is 1. The van der Waals surface area contributed by atoms with Crippen molar-refractivity contribution in [3.05, 3.63) is 66.9 Å². The van der Waals surface area contributed by atoms with Crippen molar-refractivity contribution in [1.29, 1.82) is 0 Å². The number of halogens is 3. The Balaban J connectivity index is 1.78. The van der Waals surface area contributed by atoms with Crippen LogP contribution in [0.2, 0.25) is 10.0 Å². The van der Waals surface area contributed by atoms with E-state index in [9.17, 15) is 4.79 Å². The minimum Gasteiger partial charge on any atom is -0.486 e. The van der Waals surface area contributed by atoms with Crippen LogP contribution in [0.3, 0.4) is 0 Å². The van der Waals surface area contributed by atoms with Crippen LogP contribution in [0.15, 0.2) is 45.8 Å². The van der Waals surface area contributed by atoms with Crippen molar-refractivity contribution in [2.75, 3.05) is 0 Å². The predicted molar refractivity (Wildman–Crippen MR) is 111 cm³/mol. The van der Waals surface area contributed by atoms with Crippen molar-refractivity contribution in [1.82, 2.24) is 5.32 Å². The van der Waals surface area contributed by atoms with Crippen LogP contribution in [0.25, 0.3) is 6.08 Å². The summed E-state index contributed by atoms with van der Waals surface area (Å²) in [5.74, 6) is 0.185. The Kier molecular flexibility index (Phi) is 6.07. The van der Waals surface area contributed by atoms with Crippen LogP contribution in [0.5, 0.6) is 5.75 Å². The molecule has 1 amide bonds. The Hall–Kier alpha value is -1.05. The van der Waals surface area contributed by atoms with E-state index in [2.05, 4.69) is 21.2 Å². The first-order valence-corrected chi connectivity index (χ1v) is 9.81. The first kappa shape index (κ1) is 18.7. The summed E-state index contributed by atoms with van der Waals surface area (Å²) in [6, 6.07) is 11.2. The fourth-order valence-electron chi connectivity index (χ4n) is 2.11. The number of thiocarbonyl (C=S) groups is 1. The molecule has 0 spiro atoms. The summed E-state index contributed by atoms with van der Waals surface area (Å²) in [6.07, 6.45) is 1.69. The van der Waals surface area contributed by atoms with E-state index in [1.807, 2.05) is 24.3 Å². The summed E-state index contributed by atoms with van der Waals surface area (Å²) in [5, 5.41) is 3.32. The van der Waals surface area contributed by atoms with Crippen molar-refractivity contribution in [3.8, 4) is 5.75 Å². The number of nitrogens with one attached hydrogen (secondary N) is 1. The summed E-state index contributed by atoms with van der Waals surface area (Å²) in [5.41, 5.74) is 1.70. The Morgan fingerprint density at radius 3 is 2.40 bits per heavy atom. The predicted octanol–water partition coefficient (Wildman–Crippen LogP) is 5.82. The molecule has 2 aromatic rings. The molecule has 0 atom stereocenters. The number of benzene rings is 2. The van der Waals surface area contributed by atoms with E-state index < -0.39 is 0 Å². The van der Waals surface area contributed by atoms with Crippen LogP contribution in [-0.2, 0) is 11.4 Å². The summed E-state index contributed by atoms with van der Waals surface area (Å²) in [4.78, 5) is 12.2. The number of amides is 1. The summed E-state index contributed by atoms with van der Waals surface area (Å²) in [7, 11) is 0. The molecule has 0 bridgehead atoms. The molecule has 1 N–H and O–H groups in total. The molecule has 0 aromatic heterocycles. The number of carbonyl (C=O) groups excluding carboxylic acids is 1. The highest BCUT2D eigenvalue weighted by Crippen LogP contribution is 2.36. The lowest BCUT2D eigenvalue weighted by Gasteiger charge is -2.11. The molecule has 0 saturated carbocycles. The molecule has 3 rings (SSSR count). The van der Waals surface area contributed by atoms with Crippen LogP contribution in [0.4, 0.5) is 0 Å². The van der Waals surface area contributed by atoms with Crippen LogP contribution >= 0.6 is 63.1 Å². The fourth-order valence-corrected chi connectivity index (χ4v) is 4.03. The minimum absolute atomic E-state index is 0.224. The van der Waals surface area contributed by atoms with E-state index in [4.69, 9.17) is 40.2 Å². The molecular formula is C17H10BrCl2NO2S2. The topological polar surface area (TPSA) is 38.3 Å². The monoisotopic (exact) mass is 473 g/mol. The van der Waals surface area contributed by atoms with Gasteiger partial charge in [0, 0.05) is 4.47 Å². The molecular weight excluding hydrogens is 465 g/mol. The molecule has 0 radical (unpaired) electrons. The van der Waals surface area contributed by atoms with Gasteiger partial charge in [0.05, 0.1) is 15.0 Å². The van der Waals surface area contributed by atoms with E-state index in [1.54, 1.807) is 18.2 Å². The van der Waals surface area contributed by atoms with Crippen LogP contribution in [0.1, 0.15) is 11.1 Å². The molecule has 1 aliphatic heterocycles. The molecule has 8 heteroatoms. The third-order valence-electron chi connectivity index (χ3n) is 3.26. The van der Waals surface area contributed by atoms with Gasteiger partial charge in [-0.15, -0.1) is 0 Å². The lowest BCUT2D eigenvalue weighted by molar-refractivity contribution is -0.115. The molecule has 1 fully saturated rings. The normalized spacial score (nSPS) is 15.6. The van der Waals surface area contributed by atoms with Crippen LogP contribution < -0.4 is 10.1 Å². The van der Waals surface area contributed by atoms with E-state index in [1.165, 1.54) is 11.8 Å². The van der Waals surface area contributed by atoms with Crippen LogP contribution in [0, 0.1) is 0 Å². The zero-order chi connectivity index (χ0) is 18.0. The zero-order valence-electron chi connectivity index (χ0n) is 12.5. The molecule has 1 saturated heterocycles. The zero-order valence-corrected chi connectivity index (χ0v) is 17.2. The Morgan fingerprint density at radius 1 is 1.20 bits per heavy atom. The Bertz CT molecular complexity index is 862. The smallest absolute Gasteiger partial charge is 0.263 e. The van der Waals surface area contributed by atoms with E-state index in [0.29, 0.717) is 37.2 Å². The second-order valence-electron chi connectivity index (χ2n) is 5.08. The first-order valence-electron chi connectivity index (χ1n) is 7.03. The molecule has 2 aromatic carbocycles. The highest BCUT2D eigenvalue weighted by molar-refractivity contribution is 9.10. The summed E-state index contributed by atoms with van der Waals surface area (Å²) < 4.78 is 7.18. The van der Waals surface area contributed by atoms with Gasteiger partial charge in [0.15, 0.2) is 5.75 Å². The standard InChI is InChI=1S/C17H10BrCl2NO2S2/c18-11-3-1-9(2-4-11)8-23-15-12(19)5-10(6-13(15)20)7-14-16(22)21-17(24)25-14/h1-7H,8H2,(H,21,22,24)/b14-7-. The van der Waals surface area contributed by atoms with Crippen molar-refractivity contribution >= 4 is 79.4 Å². The lowest BCUT2D eigenvalue weighted by atomic mass is 10.2. The second kappa shape index (κ2) is 8.10.